The number of aromatic nitrogens is 1. The van der Waals surface area contributed by atoms with E-state index < -0.39 is 0 Å². The molecule has 2 saturated heterocycles. The van der Waals surface area contributed by atoms with Crippen molar-refractivity contribution in [1.29, 1.82) is 0 Å². The molecule has 0 spiro atoms. The highest BCUT2D eigenvalue weighted by molar-refractivity contribution is 5.79. The van der Waals surface area contributed by atoms with E-state index in [9.17, 15) is 4.79 Å². The number of hydrogen-bond acceptors (Lipinski definition) is 4. The molecule has 108 valence electrons. The molecule has 0 radical (unpaired) electrons. The molecule has 3 heterocycles. The van der Waals surface area contributed by atoms with Gasteiger partial charge < -0.3 is 14.5 Å². The van der Waals surface area contributed by atoms with Crippen molar-refractivity contribution in [3.05, 3.63) is 24.4 Å². The molecule has 0 aliphatic carbocycles. The van der Waals surface area contributed by atoms with Gasteiger partial charge >= 0.3 is 0 Å². The molecular weight excluding hydrogens is 254 g/mol. The predicted molar refractivity (Wildman–Crippen MR) is 76.6 cm³/mol. The molecule has 3 rings (SSSR count). The first kappa shape index (κ1) is 13.4. The zero-order valence-corrected chi connectivity index (χ0v) is 11.9. The minimum Gasteiger partial charge on any atom is -0.381 e. The Morgan fingerprint density at radius 3 is 2.75 bits per heavy atom. The Bertz CT molecular complexity index is 453. The minimum atomic E-state index is 0.151. The fraction of sp³-hybridized carbons (Fsp3) is 0.600. The molecule has 1 aromatic heterocycles. The number of likely N-dealkylation sites (N-methyl/N-ethyl adjacent to an activating group) is 1. The van der Waals surface area contributed by atoms with E-state index in [1.165, 1.54) is 0 Å². The van der Waals surface area contributed by atoms with Crippen molar-refractivity contribution in [3.63, 3.8) is 0 Å². The summed E-state index contributed by atoms with van der Waals surface area (Å²) in [6.45, 7) is 3.19. The molecule has 20 heavy (non-hydrogen) atoms. The summed E-state index contributed by atoms with van der Waals surface area (Å²) in [7, 11) is 1.93. The maximum Gasteiger partial charge on any atom is 0.225 e. The third-order valence-electron chi connectivity index (χ3n) is 4.30. The van der Waals surface area contributed by atoms with Crippen LogP contribution in [0.3, 0.4) is 0 Å². The van der Waals surface area contributed by atoms with Crippen molar-refractivity contribution in [2.75, 3.05) is 38.3 Å². The van der Waals surface area contributed by atoms with Crippen LogP contribution in [-0.4, -0.2) is 55.2 Å². The molecular formula is C15H21N3O2. The summed E-state index contributed by atoms with van der Waals surface area (Å²) in [4.78, 5) is 20.9. The SMILES string of the molecule is CN(C(=O)C1CCOCC1)C1CN(c2ccccn2)C1. The van der Waals surface area contributed by atoms with Crippen molar-refractivity contribution in [1.82, 2.24) is 9.88 Å². The molecule has 2 fully saturated rings. The van der Waals surface area contributed by atoms with E-state index >= 15 is 0 Å². The van der Waals surface area contributed by atoms with Crippen LogP contribution in [0.2, 0.25) is 0 Å². The van der Waals surface area contributed by atoms with Crippen LogP contribution in [-0.2, 0) is 9.53 Å². The summed E-state index contributed by atoms with van der Waals surface area (Å²) in [6, 6.07) is 6.23. The van der Waals surface area contributed by atoms with Crippen LogP contribution in [0.1, 0.15) is 12.8 Å². The van der Waals surface area contributed by atoms with Crippen molar-refractivity contribution >= 4 is 11.7 Å². The molecule has 0 atom stereocenters. The summed E-state index contributed by atoms with van der Waals surface area (Å²) < 4.78 is 5.32. The van der Waals surface area contributed by atoms with Gasteiger partial charge in [-0.25, -0.2) is 4.98 Å². The average molecular weight is 275 g/mol. The van der Waals surface area contributed by atoms with Crippen LogP contribution in [0, 0.1) is 5.92 Å². The van der Waals surface area contributed by atoms with E-state index in [0.717, 1.165) is 45.0 Å². The van der Waals surface area contributed by atoms with Crippen molar-refractivity contribution in [2.24, 2.45) is 5.92 Å². The van der Waals surface area contributed by atoms with Crippen molar-refractivity contribution in [2.45, 2.75) is 18.9 Å². The maximum absolute atomic E-state index is 12.4. The fourth-order valence-electron chi connectivity index (χ4n) is 2.84. The van der Waals surface area contributed by atoms with Gasteiger partial charge in [-0.1, -0.05) is 6.07 Å². The van der Waals surface area contributed by atoms with E-state index in [-0.39, 0.29) is 11.8 Å². The van der Waals surface area contributed by atoms with E-state index in [1.54, 1.807) is 6.20 Å². The molecule has 2 aliphatic rings. The quantitative estimate of drug-likeness (QED) is 0.830. The van der Waals surface area contributed by atoms with Crippen LogP contribution in [0.25, 0.3) is 0 Å². The lowest BCUT2D eigenvalue weighted by atomic mass is 9.97. The first-order chi connectivity index (χ1) is 9.75. The van der Waals surface area contributed by atoms with E-state index in [1.807, 2.05) is 30.1 Å². The molecule has 0 bridgehead atoms. The molecule has 2 aliphatic heterocycles. The highest BCUT2D eigenvalue weighted by atomic mass is 16.5. The minimum absolute atomic E-state index is 0.151. The molecule has 1 amide bonds. The highest BCUT2D eigenvalue weighted by Gasteiger charge is 2.35. The molecule has 0 saturated carbocycles. The molecule has 1 aromatic rings. The van der Waals surface area contributed by atoms with E-state index in [2.05, 4.69) is 9.88 Å². The molecule has 0 N–H and O–H groups in total. The number of carbonyl (C=O) groups is 1. The van der Waals surface area contributed by atoms with E-state index in [4.69, 9.17) is 4.74 Å². The van der Waals surface area contributed by atoms with Gasteiger partial charge in [0.15, 0.2) is 0 Å². The Balaban J connectivity index is 1.52. The van der Waals surface area contributed by atoms with Gasteiger partial charge in [-0.3, -0.25) is 4.79 Å². The monoisotopic (exact) mass is 275 g/mol. The fourth-order valence-corrected chi connectivity index (χ4v) is 2.84. The number of rotatable bonds is 3. The average Bonchev–Trinajstić information content (AvgIpc) is 2.47. The smallest absolute Gasteiger partial charge is 0.225 e. The number of nitrogens with zero attached hydrogens (tertiary/aromatic N) is 3. The standard InChI is InChI=1S/C15H21N3O2/c1-17(15(19)12-5-8-20-9-6-12)13-10-18(11-13)14-4-2-3-7-16-14/h2-4,7,12-13H,5-6,8-11H2,1H3. The zero-order chi connectivity index (χ0) is 13.9. The Morgan fingerprint density at radius 1 is 1.35 bits per heavy atom. The summed E-state index contributed by atoms with van der Waals surface area (Å²) in [5.41, 5.74) is 0. The topological polar surface area (TPSA) is 45.7 Å². The Labute approximate surface area is 119 Å². The van der Waals surface area contributed by atoms with Crippen LogP contribution >= 0.6 is 0 Å². The lowest BCUT2D eigenvalue weighted by molar-refractivity contribution is -0.139. The van der Waals surface area contributed by atoms with Gasteiger partial charge in [-0.15, -0.1) is 0 Å². The first-order valence-corrected chi connectivity index (χ1v) is 7.26. The third-order valence-corrected chi connectivity index (χ3v) is 4.30. The number of amides is 1. The lowest BCUT2D eigenvalue weighted by Crippen LogP contribution is -2.61. The van der Waals surface area contributed by atoms with Gasteiger partial charge in [-0.2, -0.15) is 0 Å². The Kier molecular flexibility index (Phi) is 3.87. The van der Waals surface area contributed by atoms with Gasteiger partial charge in [0.1, 0.15) is 5.82 Å². The summed E-state index contributed by atoms with van der Waals surface area (Å²) in [6.07, 6.45) is 3.53. The number of ether oxygens (including phenoxy) is 1. The van der Waals surface area contributed by atoms with Crippen molar-refractivity contribution < 1.29 is 9.53 Å². The maximum atomic E-state index is 12.4. The summed E-state index contributed by atoms with van der Waals surface area (Å²) in [5.74, 6) is 1.42. The second-order valence-electron chi connectivity index (χ2n) is 5.58. The van der Waals surface area contributed by atoms with Crippen LogP contribution in [0.15, 0.2) is 24.4 Å². The molecule has 0 aromatic carbocycles. The third kappa shape index (κ3) is 2.63. The lowest BCUT2D eigenvalue weighted by Gasteiger charge is -2.45. The normalized spacial score (nSPS) is 20.6. The van der Waals surface area contributed by atoms with Crippen LogP contribution in [0.4, 0.5) is 5.82 Å². The number of anilines is 1. The first-order valence-electron chi connectivity index (χ1n) is 7.26. The van der Waals surface area contributed by atoms with Crippen LogP contribution < -0.4 is 4.90 Å². The summed E-state index contributed by atoms with van der Waals surface area (Å²) in [5, 5.41) is 0. The number of carbonyl (C=O) groups excluding carboxylic acids is 1. The second-order valence-corrected chi connectivity index (χ2v) is 5.58. The molecule has 5 heteroatoms. The molecule has 5 nitrogen and oxygen atoms in total. The largest absolute Gasteiger partial charge is 0.381 e. The van der Waals surface area contributed by atoms with Gasteiger partial charge in [0.2, 0.25) is 5.91 Å². The Hall–Kier alpha value is -1.62. The van der Waals surface area contributed by atoms with E-state index in [0.29, 0.717) is 6.04 Å². The molecule has 0 unspecified atom stereocenters. The number of pyridine rings is 1. The van der Waals surface area contributed by atoms with Gasteiger partial charge in [-0.05, 0) is 25.0 Å². The summed E-state index contributed by atoms with van der Waals surface area (Å²) >= 11 is 0. The second kappa shape index (κ2) is 5.79. The Morgan fingerprint density at radius 2 is 2.10 bits per heavy atom. The van der Waals surface area contributed by atoms with Crippen LogP contribution in [0.5, 0.6) is 0 Å². The van der Waals surface area contributed by atoms with Crippen molar-refractivity contribution in [3.8, 4) is 0 Å². The number of hydrogen-bond donors (Lipinski definition) is 0. The predicted octanol–water partition coefficient (Wildman–Crippen LogP) is 1.16. The zero-order valence-electron chi connectivity index (χ0n) is 11.9. The van der Waals surface area contributed by atoms with Gasteiger partial charge in [0.25, 0.3) is 0 Å². The van der Waals surface area contributed by atoms with Gasteiger partial charge in [0, 0.05) is 45.5 Å². The highest BCUT2D eigenvalue weighted by Crippen LogP contribution is 2.24. The van der Waals surface area contributed by atoms with Gasteiger partial charge in [0.05, 0.1) is 6.04 Å².